The van der Waals surface area contributed by atoms with E-state index in [0.29, 0.717) is 0 Å². The van der Waals surface area contributed by atoms with Crippen molar-refractivity contribution in [2.75, 3.05) is 22.1 Å². The van der Waals surface area contributed by atoms with Crippen LogP contribution in [0.3, 0.4) is 0 Å². The minimum Gasteiger partial charge on any atom is -0.471 e. The summed E-state index contributed by atoms with van der Waals surface area (Å²) in [7, 11) is 0. The second-order valence-corrected chi connectivity index (χ2v) is 10.4. The molecule has 2 atom stereocenters. The quantitative estimate of drug-likeness (QED) is 0.161. The van der Waals surface area contributed by atoms with Gasteiger partial charge in [-0.1, -0.05) is 60.7 Å². The van der Waals surface area contributed by atoms with E-state index in [0.717, 1.165) is 11.1 Å². The Labute approximate surface area is 266 Å². The number of nitrogens with two attached hydrogens (primary N) is 2. The zero-order valence-electron chi connectivity index (χ0n) is 24.9. The van der Waals surface area contributed by atoms with Crippen LogP contribution in [-0.2, 0) is 32.3 Å². The van der Waals surface area contributed by atoms with E-state index in [-0.39, 0.29) is 36.9 Å². The number of carbonyl (C=O) groups excluding carboxylic acids is 2. The largest absolute Gasteiger partial charge is 0.471 e. The minimum atomic E-state index is -1.62. The van der Waals surface area contributed by atoms with E-state index >= 15 is 0 Å². The Morgan fingerprint density at radius 3 is 1.47 bits per heavy atom. The average Bonchev–Trinajstić information content (AvgIpc) is 3.39. The molecule has 2 amide bonds. The number of anilines is 4. The number of hydrogen-bond acceptors (Lipinski definition) is 16. The third-order valence-corrected chi connectivity index (χ3v) is 6.45. The fourth-order valence-electron chi connectivity index (χ4n) is 4.41. The van der Waals surface area contributed by atoms with Crippen LogP contribution in [0.25, 0.3) is 0 Å². The Morgan fingerprint density at radius 1 is 0.723 bits per heavy atom. The first-order valence-corrected chi connectivity index (χ1v) is 13.9. The summed E-state index contributed by atoms with van der Waals surface area (Å²) in [6.07, 6.45) is -3.23. The van der Waals surface area contributed by atoms with Crippen LogP contribution in [0.2, 0.25) is 0 Å². The molecule has 0 unspecified atom stereocenters. The Balaban J connectivity index is 1.35. The van der Waals surface area contributed by atoms with Crippen molar-refractivity contribution in [1.82, 2.24) is 19.9 Å². The van der Waals surface area contributed by atoms with Crippen molar-refractivity contribution >= 4 is 46.7 Å². The summed E-state index contributed by atoms with van der Waals surface area (Å²) in [5, 5.41) is 10.6. The van der Waals surface area contributed by atoms with Gasteiger partial charge in [-0.3, -0.25) is 9.59 Å². The molecule has 1 saturated heterocycles. The van der Waals surface area contributed by atoms with Crippen molar-refractivity contribution in [2.24, 2.45) is 10.4 Å². The van der Waals surface area contributed by atoms with Crippen molar-refractivity contribution in [2.45, 2.75) is 45.1 Å². The van der Waals surface area contributed by atoms with Crippen LogP contribution in [0.15, 0.2) is 71.0 Å². The number of amides is 2. The van der Waals surface area contributed by atoms with Crippen LogP contribution in [0.4, 0.5) is 34.9 Å². The lowest BCUT2D eigenvalue weighted by Crippen LogP contribution is -2.43. The van der Waals surface area contributed by atoms with Gasteiger partial charge in [-0.25, -0.2) is 0 Å². The van der Waals surface area contributed by atoms with Crippen molar-refractivity contribution in [3.8, 4) is 11.8 Å². The van der Waals surface area contributed by atoms with Crippen LogP contribution in [-0.4, -0.2) is 49.7 Å². The first-order valence-electron chi connectivity index (χ1n) is 13.9. The van der Waals surface area contributed by atoms with E-state index in [2.05, 4.69) is 40.9 Å². The molecule has 0 radical (unpaired) electrons. The number of benzene rings is 2. The molecule has 18 nitrogen and oxygen atoms in total. The highest BCUT2D eigenvalue weighted by Crippen LogP contribution is 2.37. The van der Waals surface area contributed by atoms with Crippen LogP contribution in [0, 0.1) is 9.81 Å². The Bertz CT molecular complexity index is 1660. The average molecular weight is 645 g/mol. The molecule has 1 aliphatic rings. The first-order chi connectivity index (χ1) is 22.6. The molecule has 1 aliphatic heterocycles. The van der Waals surface area contributed by atoms with Crippen LogP contribution in [0.1, 0.15) is 25.0 Å². The molecule has 4 aromatic rings. The normalized spacial score (nSPS) is 16.6. The number of nitrogens with zero attached hydrogens (tertiary/aromatic N) is 6. The van der Waals surface area contributed by atoms with Gasteiger partial charge in [0, 0.05) is 0 Å². The summed E-state index contributed by atoms with van der Waals surface area (Å²) in [5.74, 6) is -5.41. The molecule has 1 fully saturated rings. The molecule has 0 bridgehead atoms. The van der Waals surface area contributed by atoms with Crippen molar-refractivity contribution in [3.63, 3.8) is 0 Å². The number of nitroso groups, excluding NO2 is 2. The smallest absolute Gasteiger partial charge is 0.258 e. The summed E-state index contributed by atoms with van der Waals surface area (Å²) in [6.45, 7) is 2.95. The van der Waals surface area contributed by atoms with Crippen molar-refractivity contribution in [1.29, 1.82) is 0 Å². The number of nitrogens with one attached hydrogen (secondary N) is 2. The van der Waals surface area contributed by atoms with Crippen molar-refractivity contribution < 1.29 is 28.5 Å². The maximum atomic E-state index is 13.5. The molecule has 3 heterocycles. The van der Waals surface area contributed by atoms with E-state index in [4.69, 9.17) is 30.4 Å². The Morgan fingerprint density at radius 2 is 1.11 bits per heavy atom. The lowest BCUT2D eigenvalue weighted by atomic mass is 10.1. The maximum Gasteiger partial charge on any atom is 0.258 e. The van der Waals surface area contributed by atoms with Crippen LogP contribution >= 0.6 is 0 Å². The van der Waals surface area contributed by atoms with Crippen LogP contribution < -0.4 is 31.6 Å². The molecule has 0 spiro atoms. The van der Waals surface area contributed by atoms with Gasteiger partial charge in [0.1, 0.15) is 13.2 Å². The zero-order valence-corrected chi connectivity index (χ0v) is 24.9. The summed E-state index contributed by atoms with van der Waals surface area (Å²) >= 11 is 0. The number of nitrogen functional groups attached to an aromatic ring is 2. The van der Waals surface area contributed by atoms with Crippen LogP contribution in [0.5, 0.6) is 11.8 Å². The van der Waals surface area contributed by atoms with Gasteiger partial charge in [-0.15, -0.1) is 9.81 Å². The third-order valence-electron chi connectivity index (χ3n) is 6.45. The number of aromatic nitrogens is 4. The molecule has 2 aromatic carbocycles. The zero-order chi connectivity index (χ0) is 33.6. The SMILES string of the molecule is CC1(C)O[C@@H](C(=O)Nc2nc(N)nc(OCc3ccccc3)c2N=O)[C@H](C(=O)Nc2nc(N)nc(OCc3ccccc3)c2N=O)O1. The number of hydrogen-bond donors (Lipinski definition) is 4. The van der Waals surface area contributed by atoms with E-state index in [1.54, 1.807) is 48.5 Å². The number of rotatable bonds is 12. The molecular weight excluding hydrogens is 616 g/mol. The van der Waals surface area contributed by atoms with Gasteiger partial charge in [0.2, 0.25) is 23.3 Å². The summed E-state index contributed by atoms with van der Waals surface area (Å²) in [4.78, 5) is 66.2. The van der Waals surface area contributed by atoms with Gasteiger partial charge < -0.3 is 41.0 Å². The van der Waals surface area contributed by atoms with E-state index in [1.165, 1.54) is 13.8 Å². The molecule has 0 saturated carbocycles. The lowest BCUT2D eigenvalue weighted by Gasteiger charge is -2.17. The Kier molecular flexibility index (Phi) is 9.52. The third kappa shape index (κ3) is 7.75. The van der Waals surface area contributed by atoms with Gasteiger partial charge in [-0.2, -0.15) is 19.9 Å². The highest BCUT2D eigenvalue weighted by Gasteiger charge is 2.49. The lowest BCUT2D eigenvalue weighted by molar-refractivity contribution is -0.156. The van der Waals surface area contributed by atoms with Gasteiger partial charge in [0.05, 0.1) is 0 Å². The molecule has 0 aliphatic carbocycles. The molecule has 47 heavy (non-hydrogen) atoms. The fraction of sp³-hybridized carbons (Fsp3) is 0.241. The second-order valence-electron chi connectivity index (χ2n) is 10.4. The summed E-state index contributed by atoms with van der Waals surface area (Å²) in [6, 6.07) is 18.0. The Hall–Kier alpha value is -6.14. The molecular formula is C29H28N10O8. The molecule has 5 rings (SSSR count). The number of carbonyl (C=O) groups is 2. The highest BCUT2D eigenvalue weighted by molar-refractivity contribution is 6.04. The fourth-order valence-corrected chi connectivity index (χ4v) is 4.41. The second kappa shape index (κ2) is 13.9. The van der Waals surface area contributed by atoms with E-state index in [1.807, 2.05) is 12.1 Å². The standard InChI is InChI=1S/C29H28N10O8/c1-29(2)46-19(23(40)32-21-17(38-42)25(36-27(30)34-21)44-13-15-9-5-3-6-10-15)20(47-29)24(41)33-22-18(39-43)26(37-28(31)35-22)45-14-16-11-7-4-8-12-16/h3-12,19-20H,13-14H2,1-2H3,(H3,30,32,34,36,40)(H3,31,33,35,37,41)/t19-,20-/m1/s1. The first kappa shape index (κ1) is 32.3. The molecule has 18 heteroatoms. The van der Waals surface area contributed by atoms with Gasteiger partial charge in [0.15, 0.2) is 29.6 Å². The summed E-state index contributed by atoms with van der Waals surface area (Å²) in [5.41, 5.74) is 12.2. The minimum absolute atomic E-state index is 0.00735. The predicted octanol–water partition coefficient (Wildman–Crippen LogP) is 3.48. The monoisotopic (exact) mass is 644 g/mol. The van der Waals surface area contributed by atoms with Crippen molar-refractivity contribution in [3.05, 3.63) is 81.6 Å². The van der Waals surface area contributed by atoms with Gasteiger partial charge >= 0.3 is 0 Å². The van der Waals surface area contributed by atoms with E-state index < -0.39 is 52.8 Å². The highest BCUT2D eigenvalue weighted by atomic mass is 16.8. The predicted molar refractivity (Wildman–Crippen MR) is 166 cm³/mol. The number of ether oxygens (including phenoxy) is 4. The maximum absolute atomic E-state index is 13.5. The van der Waals surface area contributed by atoms with E-state index in [9.17, 15) is 19.4 Å². The molecule has 242 valence electrons. The summed E-state index contributed by atoms with van der Waals surface area (Å²) < 4.78 is 22.7. The molecule has 2 aromatic heterocycles. The van der Waals surface area contributed by atoms with Gasteiger partial charge in [0.25, 0.3) is 23.6 Å². The van der Waals surface area contributed by atoms with Gasteiger partial charge in [-0.05, 0) is 35.3 Å². The topological polar surface area (TPSA) is 258 Å². The molecule has 6 N–H and O–H groups in total.